The van der Waals surface area contributed by atoms with E-state index in [-0.39, 0.29) is 5.97 Å². The van der Waals surface area contributed by atoms with Gasteiger partial charge in [0.15, 0.2) is 5.01 Å². The summed E-state index contributed by atoms with van der Waals surface area (Å²) in [5.74, 6) is -0.208. The smallest absolute Gasteiger partial charge is 0.306 e. The Labute approximate surface area is 190 Å². The summed E-state index contributed by atoms with van der Waals surface area (Å²) in [7, 11) is 0. The van der Waals surface area contributed by atoms with E-state index in [4.69, 9.17) is 4.74 Å². The van der Waals surface area contributed by atoms with Crippen molar-refractivity contribution in [2.75, 3.05) is 0 Å². The molecule has 0 saturated heterocycles. The first-order chi connectivity index (χ1) is 13.3. The number of hydrogen-bond acceptors (Lipinski definition) is 3. The van der Waals surface area contributed by atoms with E-state index in [0.717, 1.165) is 12.8 Å². The molecule has 0 aromatic rings. The predicted octanol–water partition coefficient (Wildman–Crippen LogP) is 8.03. The van der Waals surface area contributed by atoms with Crippen LogP contribution in [0, 0.1) is 5.41 Å². The second kappa shape index (κ2) is 17.9. The van der Waals surface area contributed by atoms with Crippen LogP contribution in [0.4, 0.5) is 0 Å². The number of esters is 1. The van der Waals surface area contributed by atoms with Crippen LogP contribution in [0.15, 0.2) is 12.2 Å². The van der Waals surface area contributed by atoms with Gasteiger partial charge in [-0.1, -0.05) is 100 Å². The van der Waals surface area contributed by atoms with Gasteiger partial charge < -0.3 is 9.84 Å². The summed E-state index contributed by atoms with van der Waals surface area (Å²) in [6.45, 7) is 5.93. The van der Waals surface area contributed by atoms with Gasteiger partial charge in [0, 0.05) is 11.8 Å². The molecular formula is C23H42Br2O3. The molecule has 3 nitrogen and oxygen atoms in total. The molecule has 0 aromatic heterocycles. The molecule has 1 N–H and O–H groups in total. The van der Waals surface area contributed by atoms with E-state index >= 15 is 0 Å². The summed E-state index contributed by atoms with van der Waals surface area (Å²) in [6.07, 6.45) is 21.3. The summed E-state index contributed by atoms with van der Waals surface area (Å²) in [6, 6.07) is 0. The van der Waals surface area contributed by atoms with Gasteiger partial charge in [-0.15, -0.1) is 0 Å². The minimum Gasteiger partial charge on any atom is -0.450 e. The summed E-state index contributed by atoms with van der Waals surface area (Å²) < 4.78 is 5.37. The van der Waals surface area contributed by atoms with Crippen LogP contribution in [0.1, 0.15) is 111 Å². The first kappa shape index (κ1) is 28.1. The molecule has 0 fully saturated rings. The molecule has 0 aliphatic rings. The van der Waals surface area contributed by atoms with E-state index in [1.54, 1.807) is 0 Å². The minimum atomic E-state index is -0.739. The first-order valence-corrected chi connectivity index (χ1v) is 13.0. The summed E-state index contributed by atoms with van der Waals surface area (Å²) in [5.41, 5.74) is -0.585. The van der Waals surface area contributed by atoms with Crippen LogP contribution in [0.25, 0.3) is 0 Å². The van der Waals surface area contributed by atoms with E-state index in [1.165, 1.54) is 70.6 Å². The van der Waals surface area contributed by atoms with Crippen LogP contribution in [0.5, 0.6) is 0 Å². The lowest BCUT2D eigenvalue weighted by Crippen LogP contribution is -2.36. The van der Waals surface area contributed by atoms with Crippen molar-refractivity contribution in [3.05, 3.63) is 12.2 Å². The second-order valence-corrected chi connectivity index (χ2v) is 10.00. The van der Waals surface area contributed by atoms with Crippen molar-refractivity contribution < 1.29 is 14.6 Å². The summed E-state index contributed by atoms with van der Waals surface area (Å²) >= 11 is 6.49. The van der Waals surface area contributed by atoms with Crippen molar-refractivity contribution in [3.8, 4) is 0 Å². The Morgan fingerprint density at radius 2 is 1.36 bits per heavy atom. The molecule has 0 rings (SSSR count). The maximum atomic E-state index is 11.9. The van der Waals surface area contributed by atoms with Gasteiger partial charge in [-0.05, 0) is 48.0 Å². The van der Waals surface area contributed by atoms with Crippen LogP contribution in [0.3, 0.4) is 0 Å². The van der Waals surface area contributed by atoms with Gasteiger partial charge >= 0.3 is 5.97 Å². The molecule has 28 heavy (non-hydrogen) atoms. The zero-order chi connectivity index (χ0) is 21.3. The van der Waals surface area contributed by atoms with Gasteiger partial charge in [-0.25, -0.2) is 0 Å². The molecule has 166 valence electrons. The van der Waals surface area contributed by atoms with Crippen molar-refractivity contribution in [1.82, 2.24) is 0 Å². The SMILES string of the molecule is CCCCCCCC/C=C\CCCCCCCC(=O)OC(Br)C(C)(C)C(O)Br. The number of aliphatic hydroxyl groups is 1. The topological polar surface area (TPSA) is 46.5 Å². The summed E-state index contributed by atoms with van der Waals surface area (Å²) in [5, 5.41) is 8.42. The summed E-state index contributed by atoms with van der Waals surface area (Å²) in [4.78, 5) is 11.9. The highest BCUT2D eigenvalue weighted by Gasteiger charge is 2.36. The lowest BCUT2D eigenvalue weighted by Gasteiger charge is -2.31. The minimum absolute atomic E-state index is 0.208. The number of unbranched alkanes of at least 4 members (excludes halogenated alkanes) is 11. The molecule has 0 saturated carbocycles. The van der Waals surface area contributed by atoms with Crippen LogP contribution < -0.4 is 0 Å². The van der Waals surface area contributed by atoms with Crippen LogP contribution in [-0.4, -0.2) is 21.1 Å². The maximum Gasteiger partial charge on any atom is 0.306 e. The number of hydrogen-bond donors (Lipinski definition) is 1. The van der Waals surface area contributed by atoms with Gasteiger partial charge in [0.25, 0.3) is 0 Å². The number of carbonyl (C=O) groups is 1. The Balaban J connectivity index is 3.50. The molecule has 0 radical (unpaired) electrons. The third-order valence-electron chi connectivity index (χ3n) is 5.08. The number of aliphatic hydroxyl groups excluding tert-OH is 1. The van der Waals surface area contributed by atoms with E-state index < -0.39 is 15.4 Å². The van der Waals surface area contributed by atoms with Gasteiger partial charge in [0.05, 0.1) is 0 Å². The molecule has 0 spiro atoms. The molecule has 5 heteroatoms. The Morgan fingerprint density at radius 1 is 0.893 bits per heavy atom. The van der Waals surface area contributed by atoms with Crippen LogP contribution >= 0.6 is 31.9 Å². The van der Waals surface area contributed by atoms with Gasteiger partial charge in [0.2, 0.25) is 0 Å². The zero-order valence-electron chi connectivity index (χ0n) is 18.2. The molecule has 0 aliphatic carbocycles. The maximum absolute atomic E-state index is 11.9. The Morgan fingerprint density at radius 3 is 1.86 bits per heavy atom. The monoisotopic (exact) mass is 524 g/mol. The highest BCUT2D eigenvalue weighted by atomic mass is 79.9. The fourth-order valence-electron chi connectivity index (χ4n) is 2.77. The van der Waals surface area contributed by atoms with Crippen molar-refractivity contribution in [2.45, 2.75) is 121 Å². The van der Waals surface area contributed by atoms with Crippen molar-refractivity contribution in [2.24, 2.45) is 5.41 Å². The lowest BCUT2D eigenvalue weighted by atomic mass is 9.96. The van der Waals surface area contributed by atoms with E-state index in [1.807, 2.05) is 13.8 Å². The van der Waals surface area contributed by atoms with Crippen molar-refractivity contribution in [1.29, 1.82) is 0 Å². The molecule has 0 aliphatic heterocycles. The molecule has 0 heterocycles. The average molecular weight is 526 g/mol. The molecular weight excluding hydrogens is 484 g/mol. The fourth-order valence-corrected chi connectivity index (χ4v) is 3.83. The van der Waals surface area contributed by atoms with Gasteiger partial charge in [-0.3, -0.25) is 4.79 Å². The highest BCUT2D eigenvalue weighted by Crippen LogP contribution is 2.34. The Hall–Kier alpha value is 0.130. The Kier molecular flexibility index (Phi) is 18.0. The Bertz CT molecular complexity index is 409. The van der Waals surface area contributed by atoms with Crippen molar-refractivity contribution in [3.63, 3.8) is 0 Å². The number of rotatable bonds is 18. The van der Waals surface area contributed by atoms with E-state index in [9.17, 15) is 9.90 Å². The number of halogens is 2. The third kappa shape index (κ3) is 15.0. The largest absolute Gasteiger partial charge is 0.450 e. The lowest BCUT2D eigenvalue weighted by molar-refractivity contribution is -0.150. The third-order valence-corrected chi connectivity index (χ3v) is 7.62. The molecule has 0 aromatic carbocycles. The highest BCUT2D eigenvalue weighted by molar-refractivity contribution is 9.10. The number of allylic oxidation sites excluding steroid dienone is 2. The zero-order valence-corrected chi connectivity index (χ0v) is 21.4. The normalized spacial score (nSPS) is 14.4. The van der Waals surface area contributed by atoms with Gasteiger partial charge in [-0.2, -0.15) is 0 Å². The fraction of sp³-hybridized carbons (Fsp3) is 0.870. The number of alkyl halides is 2. The average Bonchev–Trinajstić information content (AvgIpc) is 2.64. The van der Waals surface area contributed by atoms with E-state index in [0.29, 0.717) is 6.42 Å². The number of carbonyl (C=O) groups excluding carboxylic acids is 1. The second-order valence-electron chi connectivity index (χ2n) is 8.30. The van der Waals surface area contributed by atoms with Gasteiger partial charge in [0.1, 0.15) is 5.01 Å². The first-order valence-electron chi connectivity index (χ1n) is 11.1. The van der Waals surface area contributed by atoms with Crippen LogP contribution in [0.2, 0.25) is 0 Å². The van der Waals surface area contributed by atoms with Crippen LogP contribution in [-0.2, 0) is 9.53 Å². The molecule has 2 unspecified atom stereocenters. The molecule has 0 bridgehead atoms. The number of ether oxygens (including phenoxy) is 1. The molecule has 2 atom stereocenters. The molecule has 0 amide bonds. The predicted molar refractivity (Wildman–Crippen MR) is 127 cm³/mol. The quantitative estimate of drug-likeness (QED) is 0.0852. The standard InChI is InChI=1S/C23H42Br2O3/c1-4-5-6-7-8-9-10-11-12-13-14-15-16-17-18-19-20(26)28-22(25)23(2,3)21(24)27/h11-12,21-22,27H,4-10,13-19H2,1-3H3/b12-11-. The van der Waals surface area contributed by atoms with E-state index in [2.05, 4.69) is 50.9 Å². The van der Waals surface area contributed by atoms with Crippen molar-refractivity contribution >= 4 is 37.8 Å².